The Labute approximate surface area is 107 Å². The monoisotopic (exact) mass is 256 g/mol. The lowest BCUT2D eigenvalue weighted by Crippen LogP contribution is -2.34. The molecule has 2 atom stereocenters. The van der Waals surface area contributed by atoms with Gasteiger partial charge in [0, 0.05) is 18.8 Å². The van der Waals surface area contributed by atoms with Gasteiger partial charge in [0.15, 0.2) is 6.29 Å². The van der Waals surface area contributed by atoms with Gasteiger partial charge >= 0.3 is 5.97 Å². The van der Waals surface area contributed by atoms with Crippen LogP contribution in [-0.2, 0) is 23.8 Å². The summed E-state index contributed by atoms with van der Waals surface area (Å²) >= 11 is 0. The van der Waals surface area contributed by atoms with Gasteiger partial charge in [0.1, 0.15) is 6.29 Å². The summed E-state index contributed by atoms with van der Waals surface area (Å²) in [5, 5.41) is 0. The maximum absolute atomic E-state index is 11.5. The summed E-state index contributed by atoms with van der Waals surface area (Å²) in [7, 11) is 1.30. The van der Waals surface area contributed by atoms with Crippen molar-refractivity contribution in [3.05, 3.63) is 11.8 Å². The third kappa shape index (κ3) is 4.14. The van der Waals surface area contributed by atoms with Crippen molar-refractivity contribution in [3.63, 3.8) is 0 Å². The molecule has 18 heavy (non-hydrogen) atoms. The predicted octanol–water partition coefficient (Wildman–Crippen LogP) is 1.81. The van der Waals surface area contributed by atoms with Gasteiger partial charge in [-0.15, -0.1) is 0 Å². The summed E-state index contributed by atoms with van der Waals surface area (Å²) in [5.41, 5.74) is 0.0471. The van der Waals surface area contributed by atoms with Crippen molar-refractivity contribution >= 4 is 12.3 Å². The van der Waals surface area contributed by atoms with E-state index >= 15 is 0 Å². The number of aldehydes is 1. The smallest absolute Gasteiger partial charge is 0.337 e. The van der Waals surface area contributed by atoms with Crippen molar-refractivity contribution in [2.75, 3.05) is 7.11 Å². The molecular formula is C13H20O5. The summed E-state index contributed by atoms with van der Waals surface area (Å²) in [5.74, 6) is -0.674. The van der Waals surface area contributed by atoms with Crippen molar-refractivity contribution < 1.29 is 23.8 Å². The van der Waals surface area contributed by atoms with Gasteiger partial charge in [-0.1, -0.05) is 0 Å². The second-order valence-electron chi connectivity index (χ2n) is 5.20. The summed E-state index contributed by atoms with van der Waals surface area (Å²) < 4.78 is 15.7. The first kappa shape index (κ1) is 14.7. The molecule has 0 fully saturated rings. The van der Waals surface area contributed by atoms with Gasteiger partial charge in [-0.2, -0.15) is 0 Å². The van der Waals surface area contributed by atoms with Crippen LogP contribution in [-0.4, -0.2) is 31.3 Å². The normalized spacial score (nSPS) is 23.9. The van der Waals surface area contributed by atoms with E-state index in [1.165, 1.54) is 13.4 Å². The Bertz CT molecular complexity index is 340. The number of esters is 1. The van der Waals surface area contributed by atoms with E-state index in [1.54, 1.807) is 0 Å². The van der Waals surface area contributed by atoms with Crippen LogP contribution < -0.4 is 0 Å². The molecule has 0 aromatic rings. The zero-order valence-electron chi connectivity index (χ0n) is 11.3. The van der Waals surface area contributed by atoms with Crippen LogP contribution in [0.25, 0.3) is 0 Å². The Balaban J connectivity index is 2.77. The fourth-order valence-corrected chi connectivity index (χ4v) is 1.80. The Kier molecular flexibility index (Phi) is 4.90. The largest absolute Gasteiger partial charge is 0.472 e. The van der Waals surface area contributed by atoms with Crippen LogP contribution in [0.15, 0.2) is 11.8 Å². The highest BCUT2D eigenvalue weighted by molar-refractivity contribution is 5.89. The van der Waals surface area contributed by atoms with Gasteiger partial charge in [-0.05, 0) is 20.8 Å². The summed E-state index contributed by atoms with van der Waals surface area (Å²) in [6.45, 7) is 5.76. The van der Waals surface area contributed by atoms with E-state index in [0.717, 1.165) is 6.29 Å². The van der Waals surface area contributed by atoms with Gasteiger partial charge in [0.25, 0.3) is 0 Å². The van der Waals surface area contributed by atoms with Crippen LogP contribution in [0.1, 0.15) is 33.6 Å². The Morgan fingerprint density at radius 3 is 2.72 bits per heavy atom. The molecular weight excluding hydrogens is 236 g/mol. The van der Waals surface area contributed by atoms with Gasteiger partial charge < -0.3 is 19.0 Å². The molecule has 1 aliphatic rings. The van der Waals surface area contributed by atoms with Crippen LogP contribution in [0.3, 0.4) is 0 Å². The topological polar surface area (TPSA) is 61.8 Å². The molecule has 1 aliphatic heterocycles. The van der Waals surface area contributed by atoms with Crippen molar-refractivity contribution in [1.29, 1.82) is 0 Å². The molecule has 1 rings (SSSR count). The number of methoxy groups -OCH3 is 1. The highest BCUT2D eigenvalue weighted by atomic mass is 16.7. The molecule has 0 bridgehead atoms. The van der Waals surface area contributed by atoms with E-state index in [4.69, 9.17) is 9.47 Å². The highest BCUT2D eigenvalue weighted by Gasteiger charge is 2.32. The van der Waals surface area contributed by atoms with E-state index in [2.05, 4.69) is 4.74 Å². The number of hydrogen-bond donors (Lipinski definition) is 0. The lowest BCUT2D eigenvalue weighted by atomic mass is 9.91. The van der Waals surface area contributed by atoms with Crippen LogP contribution in [0.4, 0.5) is 0 Å². The molecule has 0 unspecified atom stereocenters. The molecule has 0 amide bonds. The predicted molar refractivity (Wildman–Crippen MR) is 64.6 cm³/mol. The lowest BCUT2D eigenvalue weighted by molar-refractivity contribution is -0.184. The third-order valence-corrected chi connectivity index (χ3v) is 2.55. The third-order valence-electron chi connectivity index (χ3n) is 2.55. The Morgan fingerprint density at radius 1 is 1.56 bits per heavy atom. The summed E-state index contributed by atoms with van der Waals surface area (Å²) in [6.07, 6.45) is 2.43. The molecule has 1 heterocycles. The number of rotatable bonds is 4. The molecule has 0 aromatic heterocycles. The van der Waals surface area contributed by atoms with Gasteiger partial charge in [0.2, 0.25) is 0 Å². The molecule has 0 saturated carbocycles. The highest BCUT2D eigenvalue weighted by Crippen LogP contribution is 2.30. The summed E-state index contributed by atoms with van der Waals surface area (Å²) in [4.78, 5) is 22.2. The SMILES string of the molecule is COC(=O)C1=CO[C@H](OC(C)(C)C)C[C@@H]1CC=O. The molecule has 5 heteroatoms. The molecule has 0 spiro atoms. The Morgan fingerprint density at radius 2 is 2.22 bits per heavy atom. The maximum Gasteiger partial charge on any atom is 0.337 e. The first-order valence-corrected chi connectivity index (χ1v) is 5.92. The van der Waals surface area contributed by atoms with E-state index in [1.807, 2.05) is 20.8 Å². The number of carbonyl (C=O) groups is 2. The standard InChI is InChI=1S/C13H20O5/c1-13(2,3)18-11-7-9(5-6-14)10(8-17-11)12(15)16-4/h6,8-9,11H,5,7H2,1-4H3/t9-,11+/m0/s1. The Hall–Kier alpha value is -1.36. The molecule has 0 saturated heterocycles. The van der Waals surface area contributed by atoms with Crippen molar-refractivity contribution in [2.24, 2.45) is 5.92 Å². The first-order chi connectivity index (χ1) is 8.37. The van der Waals surface area contributed by atoms with Crippen molar-refractivity contribution in [2.45, 2.75) is 45.5 Å². The second-order valence-corrected chi connectivity index (χ2v) is 5.20. The van der Waals surface area contributed by atoms with Crippen molar-refractivity contribution in [1.82, 2.24) is 0 Å². The van der Waals surface area contributed by atoms with Gasteiger partial charge in [-0.3, -0.25) is 0 Å². The lowest BCUT2D eigenvalue weighted by Gasteiger charge is -2.32. The molecule has 5 nitrogen and oxygen atoms in total. The van der Waals surface area contributed by atoms with Crippen LogP contribution >= 0.6 is 0 Å². The van der Waals surface area contributed by atoms with Crippen LogP contribution in [0.2, 0.25) is 0 Å². The van der Waals surface area contributed by atoms with Crippen molar-refractivity contribution in [3.8, 4) is 0 Å². The van der Waals surface area contributed by atoms with Crippen LogP contribution in [0.5, 0.6) is 0 Å². The van der Waals surface area contributed by atoms with E-state index in [9.17, 15) is 9.59 Å². The number of carbonyl (C=O) groups excluding carboxylic acids is 2. The molecule has 102 valence electrons. The fraction of sp³-hybridized carbons (Fsp3) is 0.692. The van der Waals surface area contributed by atoms with E-state index in [-0.39, 0.29) is 17.9 Å². The molecule has 0 radical (unpaired) electrons. The fourth-order valence-electron chi connectivity index (χ4n) is 1.80. The minimum atomic E-state index is -0.462. The minimum Gasteiger partial charge on any atom is -0.472 e. The quantitative estimate of drug-likeness (QED) is 0.567. The van der Waals surface area contributed by atoms with Gasteiger partial charge in [0.05, 0.1) is 24.5 Å². The molecule has 0 N–H and O–H groups in total. The number of ether oxygens (including phenoxy) is 3. The zero-order valence-corrected chi connectivity index (χ0v) is 11.3. The minimum absolute atomic E-state index is 0.212. The first-order valence-electron chi connectivity index (χ1n) is 5.92. The van der Waals surface area contributed by atoms with Crippen LogP contribution in [0, 0.1) is 5.92 Å². The summed E-state index contributed by atoms with van der Waals surface area (Å²) in [6, 6.07) is 0. The van der Waals surface area contributed by atoms with E-state index < -0.39 is 12.3 Å². The molecule has 0 aliphatic carbocycles. The average molecular weight is 256 g/mol. The van der Waals surface area contributed by atoms with E-state index in [0.29, 0.717) is 12.0 Å². The molecule has 0 aromatic carbocycles. The van der Waals surface area contributed by atoms with Gasteiger partial charge in [-0.25, -0.2) is 4.79 Å². The maximum atomic E-state index is 11.5. The zero-order chi connectivity index (χ0) is 13.8. The number of hydrogen-bond acceptors (Lipinski definition) is 5. The average Bonchev–Trinajstić information content (AvgIpc) is 2.27. The second kappa shape index (κ2) is 6.00.